The number of ketones is 1. The topological polar surface area (TPSA) is 94.6 Å². The molecule has 1 saturated carbocycles. The molecule has 0 aliphatic heterocycles. The van der Waals surface area contributed by atoms with Gasteiger partial charge in [-0.15, -0.1) is 13.2 Å². The van der Waals surface area contributed by atoms with Gasteiger partial charge in [0.15, 0.2) is 25.5 Å². The van der Waals surface area contributed by atoms with Gasteiger partial charge in [-0.05, 0) is 74.9 Å². The first-order valence-corrected chi connectivity index (χ1v) is 14.6. The van der Waals surface area contributed by atoms with Gasteiger partial charge in [-0.3, -0.25) is 4.79 Å². The molecule has 0 amide bonds. The van der Waals surface area contributed by atoms with E-state index in [0.29, 0.717) is 18.4 Å². The maximum atomic E-state index is 13.3. The van der Waals surface area contributed by atoms with Crippen LogP contribution in [0.4, 0.5) is 26.3 Å². The van der Waals surface area contributed by atoms with E-state index >= 15 is 0 Å². The highest BCUT2D eigenvalue weighted by Gasteiger charge is 2.49. The monoisotopic (exact) mass is 586 g/mol. The maximum Gasteiger partial charge on any atom is 0.573 e. The third-order valence-corrected chi connectivity index (χ3v) is 10.5. The molecule has 0 radical (unpaired) electrons. The van der Waals surface area contributed by atoms with Gasteiger partial charge in [0, 0.05) is 18.2 Å². The molecule has 1 aliphatic carbocycles. The third kappa shape index (κ3) is 6.33. The van der Waals surface area contributed by atoms with Crippen LogP contribution >= 0.6 is 0 Å². The number of halogens is 6. The average Bonchev–Trinajstić information content (AvgIpc) is 2.72. The van der Waals surface area contributed by atoms with Crippen molar-refractivity contribution in [3.05, 3.63) is 53.6 Å². The van der Waals surface area contributed by atoms with Gasteiger partial charge in [0.25, 0.3) is 0 Å². The second-order valence-corrected chi connectivity index (χ2v) is 14.3. The summed E-state index contributed by atoms with van der Waals surface area (Å²) in [7, 11) is -8.31. The molecular formula is C24H24F6O6S2. The predicted molar refractivity (Wildman–Crippen MR) is 124 cm³/mol. The second-order valence-electron chi connectivity index (χ2n) is 9.77. The summed E-state index contributed by atoms with van der Waals surface area (Å²) < 4.78 is 130. The second kappa shape index (κ2) is 9.85. The molecule has 0 atom stereocenters. The van der Waals surface area contributed by atoms with E-state index in [4.69, 9.17) is 0 Å². The lowest BCUT2D eigenvalue weighted by molar-refractivity contribution is -0.274. The van der Waals surface area contributed by atoms with Crippen molar-refractivity contribution >= 4 is 25.5 Å². The zero-order chi connectivity index (χ0) is 28.9. The van der Waals surface area contributed by atoms with E-state index in [1.807, 2.05) is 0 Å². The van der Waals surface area contributed by atoms with Gasteiger partial charge in [-0.1, -0.05) is 6.07 Å². The van der Waals surface area contributed by atoms with E-state index in [9.17, 15) is 48.0 Å². The number of Topliss-reactive ketones (excluding diaryl/α,β-unsaturated/α-hetero) is 1. The number of hydrogen-bond acceptors (Lipinski definition) is 6. The molecule has 2 aromatic carbocycles. The molecule has 0 bridgehead atoms. The Hall–Kier alpha value is -2.61. The molecule has 0 saturated heterocycles. The molecule has 6 nitrogen and oxygen atoms in total. The lowest BCUT2D eigenvalue weighted by atomic mass is 9.67. The van der Waals surface area contributed by atoms with Gasteiger partial charge >= 0.3 is 12.5 Å². The number of ether oxygens (including phenoxy) is 1. The minimum absolute atomic E-state index is 0.213. The van der Waals surface area contributed by atoms with Gasteiger partial charge in [0.1, 0.15) is 5.75 Å². The first kappa shape index (κ1) is 29.9. The molecule has 0 spiro atoms. The fourth-order valence-electron chi connectivity index (χ4n) is 4.44. The zero-order valence-corrected chi connectivity index (χ0v) is 22.0. The first-order valence-electron chi connectivity index (χ1n) is 11.2. The molecule has 0 heterocycles. The Morgan fingerprint density at radius 1 is 0.947 bits per heavy atom. The minimum atomic E-state index is -5.00. The van der Waals surface area contributed by atoms with E-state index in [1.54, 1.807) is 0 Å². The Kier molecular flexibility index (Phi) is 7.76. The third-order valence-electron chi connectivity index (χ3n) is 6.74. The predicted octanol–water partition coefficient (Wildman–Crippen LogP) is 5.86. The van der Waals surface area contributed by atoms with Crippen molar-refractivity contribution < 1.29 is 52.7 Å². The summed E-state index contributed by atoms with van der Waals surface area (Å²) in [4.78, 5) is 11.7. The van der Waals surface area contributed by atoms with E-state index in [1.165, 1.54) is 13.8 Å². The van der Waals surface area contributed by atoms with Crippen LogP contribution in [0, 0.1) is 11.8 Å². The van der Waals surface area contributed by atoms with E-state index in [-0.39, 0.29) is 35.6 Å². The number of hydrogen-bond donors (Lipinski definition) is 0. The van der Waals surface area contributed by atoms with Crippen molar-refractivity contribution in [3.63, 3.8) is 0 Å². The fraction of sp³-hybridized carbons (Fsp3) is 0.458. The maximum absolute atomic E-state index is 13.3. The highest BCUT2D eigenvalue weighted by molar-refractivity contribution is 7.92. The van der Waals surface area contributed by atoms with Crippen molar-refractivity contribution in [2.75, 3.05) is 6.26 Å². The van der Waals surface area contributed by atoms with E-state index in [2.05, 4.69) is 4.74 Å². The van der Waals surface area contributed by atoms with Crippen molar-refractivity contribution in [2.24, 2.45) is 11.8 Å². The Morgan fingerprint density at radius 2 is 1.55 bits per heavy atom. The lowest BCUT2D eigenvalue weighted by Crippen LogP contribution is -2.46. The number of rotatable bonds is 8. The number of carbonyl (C=O) groups is 1. The SMILES string of the molecule is CC(C)(C1CC(CC(=O)c2ccc(C(F)(F)F)cc2S(C)(=O)=O)C1)S(=O)(=O)c1cccc(OC(F)(F)F)c1. The summed E-state index contributed by atoms with van der Waals surface area (Å²) >= 11 is 0. The van der Waals surface area contributed by atoms with Crippen LogP contribution in [0.2, 0.25) is 0 Å². The number of carbonyl (C=O) groups excluding carboxylic acids is 1. The van der Waals surface area contributed by atoms with Crippen molar-refractivity contribution in [2.45, 2.75) is 60.2 Å². The largest absolute Gasteiger partial charge is 0.573 e. The molecule has 3 rings (SSSR count). The molecule has 1 fully saturated rings. The summed E-state index contributed by atoms with van der Waals surface area (Å²) in [5.74, 6) is -2.24. The van der Waals surface area contributed by atoms with E-state index in [0.717, 1.165) is 30.3 Å². The minimum Gasteiger partial charge on any atom is -0.406 e. The van der Waals surface area contributed by atoms with Crippen LogP contribution in [0.15, 0.2) is 52.3 Å². The quantitative estimate of drug-likeness (QED) is 0.284. The average molecular weight is 587 g/mol. The van der Waals surface area contributed by atoms with Crippen LogP contribution in [0.25, 0.3) is 0 Å². The van der Waals surface area contributed by atoms with Crippen LogP contribution in [-0.4, -0.2) is 40.0 Å². The van der Waals surface area contributed by atoms with Crippen LogP contribution in [-0.2, 0) is 25.9 Å². The Balaban J connectivity index is 1.75. The summed E-state index contributed by atoms with van der Waals surface area (Å²) in [6.07, 6.45) is -8.87. The fourth-order valence-corrected chi connectivity index (χ4v) is 7.13. The van der Waals surface area contributed by atoms with Gasteiger partial charge in [0.2, 0.25) is 0 Å². The number of benzene rings is 2. The summed E-state index contributed by atoms with van der Waals surface area (Å²) in [6.45, 7) is 2.83. The Morgan fingerprint density at radius 3 is 2.08 bits per heavy atom. The first-order chi connectivity index (χ1) is 17.1. The molecule has 14 heteroatoms. The van der Waals surface area contributed by atoms with Crippen LogP contribution in [0.3, 0.4) is 0 Å². The van der Waals surface area contributed by atoms with Gasteiger partial charge < -0.3 is 4.74 Å². The number of sulfone groups is 2. The zero-order valence-electron chi connectivity index (χ0n) is 20.4. The van der Waals surface area contributed by atoms with Crippen LogP contribution in [0.1, 0.15) is 49.0 Å². The molecule has 2 aromatic rings. The molecular weight excluding hydrogens is 562 g/mol. The van der Waals surface area contributed by atoms with Gasteiger partial charge in [-0.2, -0.15) is 13.2 Å². The summed E-state index contributed by atoms with van der Waals surface area (Å²) in [5, 5.41) is 0. The number of alkyl halides is 6. The van der Waals surface area contributed by atoms with Crippen molar-refractivity contribution in [1.29, 1.82) is 0 Å². The van der Waals surface area contributed by atoms with E-state index < -0.39 is 64.9 Å². The molecule has 0 unspecified atom stereocenters. The van der Waals surface area contributed by atoms with Crippen molar-refractivity contribution in [3.8, 4) is 5.75 Å². The van der Waals surface area contributed by atoms with Gasteiger partial charge in [-0.25, -0.2) is 16.8 Å². The standard InChI is InChI=1S/C24H24F6O6S2/c1-22(2,38(34,35)18-6-4-5-17(13-18)36-24(28,29)30)16-9-14(10-16)11-20(31)19-8-7-15(23(25,26)27)12-21(19)37(3,32)33/h4-8,12-14,16H,9-11H2,1-3H3. The molecule has 0 aromatic heterocycles. The normalized spacial score (nSPS) is 19.1. The van der Waals surface area contributed by atoms with Gasteiger partial charge in [0.05, 0.1) is 20.1 Å². The smallest absolute Gasteiger partial charge is 0.406 e. The van der Waals surface area contributed by atoms with Crippen LogP contribution < -0.4 is 4.74 Å². The summed E-state index contributed by atoms with van der Waals surface area (Å²) in [5.41, 5.74) is -1.59. The Labute approximate surface area is 215 Å². The molecule has 0 N–H and O–H groups in total. The lowest BCUT2D eigenvalue weighted by Gasteiger charge is -2.44. The van der Waals surface area contributed by atoms with Crippen LogP contribution in [0.5, 0.6) is 5.75 Å². The summed E-state index contributed by atoms with van der Waals surface area (Å²) in [6, 6.07) is 5.88. The van der Waals surface area contributed by atoms with Crippen molar-refractivity contribution in [1.82, 2.24) is 0 Å². The molecule has 38 heavy (non-hydrogen) atoms. The molecule has 210 valence electrons. The highest BCUT2D eigenvalue weighted by Crippen LogP contribution is 2.48. The Bertz CT molecular complexity index is 1440. The molecule has 1 aliphatic rings. The highest BCUT2D eigenvalue weighted by atomic mass is 32.2.